The third-order valence-corrected chi connectivity index (χ3v) is 2.25. The van der Waals surface area contributed by atoms with Gasteiger partial charge in [-0.05, 0) is 6.92 Å². The molecular formula is C10H12ClN3O4. The van der Waals surface area contributed by atoms with Crippen molar-refractivity contribution in [1.29, 1.82) is 0 Å². The Morgan fingerprint density at radius 2 is 2.39 bits per heavy atom. The van der Waals surface area contributed by atoms with Crippen LogP contribution in [0.5, 0.6) is 0 Å². The van der Waals surface area contributed by atoms with Crippen LogP contribution in [0, 0.1) is 10.1 Å². The number of carbonyl (C=O) groups is 1. The summed E-state index contributed by atoms with van der Waals surface area (Å²) in [6, 6.07) is 1.20. The van der Waals surface area contributed by atoms with Crippen LogP contribution in [0.4, 0.5) is 11.5 Å². The molecule has 0 bridgehead atoms. The second-order valence-electron chi connectivity index (χ2n) is 3.26. The number of anilines is 1. The van der Waals surface area contributed by atoms with Crippen molar-refractivity contribution in [1.82, 2.24) is 4.98 Å². The highest BCUT2D eigenvalue weighted by molar-refractivity contribution is 6.33. The minimum atomic E-state index is -0.582. The Labute approximate surface area is 108 Å². The third kappa shape index (κ3) is 4.17. The van der Waals surface area contributed by atoms with Crippen LogP contribution in [-0.4, -0.2) is 29.0 Å². The summed E-state index contributed by atoms with van der Waals surface area (Å²) in [5.41, 5.74) is -0.184. The number of hydrogen-bond acceptors (Lipinski definition) is 6. The molecule has 1 heterocycles. The summed E-state index contributed by atoms with van der Waals surface area (Å²) in [5.74, 6) is -0.0328. The summed E-state index contributed by atoms with van der Waals surface area (Å²) in [4.78, 5) is 24.7. The quantitative estimate of drug-likeness (QED) is 0.484. The Balaban J connectivity index is 2.53. The number of ether oxygens (including phenoxy) is 1. The van der Waals surface area contributed by atoms with Gasteiger partial charge in [0.25, 0.3) is 5.69 Å². The van der Waals surface area contributed by atoms with Gasteiger partial charge in [-0.1, -0.05) is 11.6 Å². The molecule has 0 aromatic carbocycles. The molecule has 0 aliphatic rings. The van der Waals surface area contributed by atoms with Gasteiger partial charge in [0.2, 0.25) is 0 Å². The molecule has 0 unspecified atom stereocenters. The molecule has 18 heavy (non-hydrogen) atoms. The molecule has 0 aliphatic carbocycles. The lowest BCUT2D eigenvalue weighted by Crippen LogP contribution is -2.12. The molecule has 0 saturated heterocycles. The Morgan fingerprint density at radius 1 is 1.67 bits per heavy atom. The smallest absolute Gasteiger partial charge is 0.307 e. The first-order valence-electron chi connectivity index (χ1n) is 5.24. The number of aromatic nitrogens is 1. The van der Waals surface area contributed by atoms with E-state index in [0.717, 1.165) is 6.20 Å². The monoisotopic (exact) mass is 273 g/mol. The van der Waals surface area contributed by atoms with Crippen LogP contribution in [0.3, 0.4) is 0 Å². The average molecular weight is 274 g/mol. The van der Waals surface area contributed by atoms with Gasteiger partial charge in [-0.25, -0.2) is 4.98 Å². The number of esters is 1. The number of nitrogens with zero attached hydrogens (tertiary/aromatic N) is 2. The van der Waals surface area contributed by atoms with E-state index in [-0.39, 0.29) is 23.1 Å². The SMILES string of the molecule is CCOC(=O)CCNc1ncc([N+](=O)[O-])cc1Cl. The van der Waals surface area contributed by atoms with E-state index in [0.29, 0.717) is 19.0 Å². The van der Waals surface area contributed by atoms with Crippen LogP contribution in [0.2, 0.25) is 5.02 Å². The number of halogens is 1. The van der Waals surface area contributed by atoms with Crippen LogP contribution in [-0.2, 0) is 9.53 Å². The zero-order chi connectivity index (χ0) is 13.5. The second kappa shape index (κ2) is 6.75. The number of hydrogen-bond donors (Lipinski definition) is 1. The molecule has 1 aromatic rings. The number of carbonyl (C=O) groups excluding carboxylic acids is 1. The lowest BCUT2D eigenvalue weighted by atomic mass is 10.4. The predicted octanol–water partition coefficient (Wildman–Crippen LogP) is 2.01. The molecule has 98 valence electrons. The Bertz CT molecular complexity index is 453. The Hall–Kier alpha value is -1.89. The first-order valence-corrected chi connectivity index (χ1v) is 5.61. The van der Waals surface area contributed by atoms with Crippen molar-refractivity contribution in [2.75, 3.05) is 18.5 Å². The molecule has 1 rings (SSSR count). The van der Waals surface area contributed by atoms with Crippen molar-refractivity contribution in [2.45, 2.75) is 13.3 Å². The standard InChI is InChI=1S/C10H12ClN3O4/c1-2-18-9(15)3-4-12-10-8(11)5-7(6-13-10)14(16)17/h5-6H,2-4H2,1H3,(H,12,13). The molecule has 0 radical (unpaired) electrons. The van der Waals surface area contributed by atoms with Crippen LogP contribution in [0.1, 0.15) is 13.3 Å². The van der Waals surface area contributed by atoms with Gasteiger partial charge in [-0.2, -0.15) is 0 Å². The van der Waals surface area contributed by atoms with Gasteiger partial charge in [0.1, 0.15) is 12.0 Å². The van der Waals surface area contributed by atoms with E-state index in [9.17, 15) is 14.9 Å². The Kier molecular flexibility index (Phi) is 5.31. The summed E-state index contributed by atoms with van der Waals surface area (Å²) in [6.07, 6.45) is 1.27. The molecule has 0 spiro atoms. The van der Waals surface area contributed by atoms with Gasteiger partial charge in [0.05, 0.1) is 23.0 Å². The number of nitrogens with one attached hydrogen (secondary N) is 1. The Morgan fingerprint density at radius 3 is 2.94 bits per heavy atom. The highest BCUT2D eigenvalue weighted by Crippen LogP contribution is 2.23. The average Bonchev–Trinajstić information content (AvgIpc) is 2.31. The molecule has 0 aliphatic heterocycles. The first-order chi connectivity index (χ1) is 8.54. The zero-order valence-electron chi connectivity index (χ0n) is 9.68. The van der Waals surface area contributed by atoms with Gasteiger partial charge in [0.15, 0.2) is 0 Å². The molecule has 1 N–H and O–H groups in total. The number of rotatable bonds is 6. The molecule has 0 amide bonds. The van der Waals surface area contributed by atoms with Gasteiger partial charge in [-0.15, -0.1) is 0 Å². The van der Waals surface area contributed by atoms with E-state index in [1.54, 1.807) is 6.92 Å². The maximum atomic E-state index is 11.1. The fraction of sp³-hybridized carbons (Fsp3) is 0.400. The number of nitro groups is 1. The largest absolute Gasteiger partial charge is 0.466 e. The predicted molar refractivity (Wildman–Crippen MR) is 65.6 cm³/mol. The van der Waals surface area contributed by atoms with Gasteiger partial charge in [-0.3, -0.25) is 14.9 Å². The maximum Gasteiger partial charge on any atom is 0.307 e. The fourth-order valence-electron chi connectivity index (χ4n) is 1.17. The van der Waals surface area contributed by atoms with Crippen molar-refractivity contribution in [3.8, 4) is 0 Å². The number of pyridine rings is 1. The van der Waals surface area contributed by atoms with Crippen LogP contribution < -0.4 is 5.32 Å². The van der Waals surface area contributed by atoms with Crippen molar-refractivity contribution in [2.24, 2.45) is 0 Å². The molecule has 8 heteroatoms. The van der Waals surface area contributed by atoms with E-state index in [1.165, 1.54) is 6.07 Å². The summed E-state index contributed by atoms with van der Waals surface area (Å²) < 4.78 is 4.74. The van der Waals surface area contributed by atoms with Crippen molar-refractivity contribution in [3.63, 3.8) is 0 Å². The maximum absolute atomic E-state index is 11.1. The first kappa shape index (κ1) is 14.2. The van der Waals surface area contributed by atoms with E-state index in [2.05, 4.69) is 10.3 Å². The highest BCUT2D eigenvalue weighted by Gasteiger charge is 2.11. The van der Waals surface area contributed by atoms with Gasteiger partial charge < -0.3 is 10.1 Å². The lowest BCUT2D eigenvalue weighted by Gasteiger charge is -2.06. The van der Waals surface area contributed by atoms with Crippen LogP contribution >= 0.6 is 11.6 Å². The van der Waals surface area contributed by atoms with E-state index in [4.69, 9.17) is 16.3 Å². The highest BCUT2D eigenvalue weighted by atomic mass is 35.5. The van der Waals surface area contributed by atoms with Crippen LogP contribution in [0.15, 0.2) is 12.3 Å². The minimum Gasteiger partial charge on any atom is -0.466 e. The molecule has 0 saturated carbocycles. The minimum absolute atomic E-state index is 0.132. The van der Waals surface area contributed by atoms with Crippen molar-refractivity contribution in [3.05, 3.63) is 27.4 Å². The van der Waals surface area contributed by atoms with E-state index >= 15 is 0 Å². The third-order valence-electron chi connectivity index (χ3n) is 1.96. The molecular weight excluding hydrogens is 262 g/mol. The van der Waals surface area contributed by atoms with Crippen molar-refractivity contribution >= 4 is 29.1 Å². The molecule has 0 fully saturated rings. The summed E-state index contributed by atoms with van der Waals surface area (Å²) in [7, 11) is 0. The van der Waals surface area contributed by atoms with Gasteiger partial charge in [0, 0.05) is 12.6 Å². The fourth-order valence-corrected chi connectivity index (χ4v) is 1.40. The van der Waals surface area contributed by atoms with Crippen molar-refractivity contribution < 1.29 is 14.5 Å². The lowest BCUT2D eigenvalue weighted by molar-refractivity contribution is -0.385. The molecule has 0 atom stereocenters. The zero-order valence-corrected chi connectivity index (χ0v) is 10.4. The van der Waals surface area contributed by atoms with E-state index < -0.39 is 4.92 Å². The summed E-state index contributed by atoms with van der Waals surface area (Å²) >= 11 is 5.80. The van der Waals surface area contributed by atoms with E-state index in [1.807, 2.05) is 0 Å². The molecule has 7 nitrogen and oxygen atoms in total. The summed E-state index contributed by atoms with van der Waals surface area (Å²) in [6.45, 7) is 2.35. The topological polar surface area (TPSA) is 94.4 Å². The van der Waals surface area contributed by atoms with Gasteiger partial charge >= 0.3 is 5.97 Å². The normalized spacial score (nSPS) is 9.89. The second-order valence-corrected chi connectivity index (χ2v) is 3.67. The van der Waals surface area contributed by atoms with Crippen LogP contribution in [0.25, 0.3) is 0 Å². The molecule has 1 aromatic heterocycles. The summed E-state index contributed by atoms with van der Waals surface area (Å²) in [5, 5.41) is 13.4.